The minimum absolute atomic E-state index is 0. The van der Waals surface area contributed by atoms with Crippen LogP contribution in [0.3, 0.4) is 0 Å². The van der Waals surface area contributed by atoms with Gasteiger partial charge in [-0.3, -0.25) is 4.99 Å². The number of guanidine groups is 1. The largest absolute Gasteiger partial charge is 0.385 e. The molecular weight excluding hydrogens is 381 g/mol. The number of hydrogen-bond acceptors (Lipinski definition) is 3. The van der Waals surface area contributed by atoms with Crippen LogP contribution in [0.15, 0.2) is 4.99 Å². The lowest BCUT2D eigenvalue weighted by molar-refractivity contribution is 0.0992. The maximum atomic E-state index is 5.88. The summed E-state index contributed by atoms with van der Waals surface area (Å²) in [5.74, 6) is 0.926. The van der Waals surface area contributed by atoms with Crippen LogP contribution in [0, 0.1) is 5.41 Å². The number of fused-ring (bicyclic) bond motifs is 2. The van der Waals surface area contributed by atoms with E-state index in [1.807, 2.05) is 7.05 Å². The summed E-state index contributed by atoms with van der Waals surface area (Å²) >= 11 is 0. The van der Waals surface area contributed by atoms with Crippen LogP contribution in [-0.4, -0.2) is 51.5 Å². The summed E-state index contributed by atoms with van der Waals surface area (Å²) in [6.45, 7) is 1.85. The van der Waals surface area contributed by atoms with Gasteiger partial charge in [0.25, 0.3) is 0 Å². The fourth-order valence-electron chi connectivity index (χ4n) is 3.44. The van der Waals surface area contributed by atoms with Gasteiger partial charge in [0, 0.05) is 27.3 Å². The van der Waals surface area contributed by atoms with Crippen molar-refractivity contribution in [3.05, 3.63) is 0 Å². The van der Waals surface area contributed by atoms with E-state index in [0.717, 1.165) is 32.0 Å². The van der Waals surface area contributed by atoms with E-state index in [-0.39, 0.29) is 24.0 Å². The number of aliphatic imine (C=N–C) groups is 1. The average Bonchev–Trinajstić information content (AvgIpc) is 2.92. The van der Waals surface area contributed by atoms with Gasteiger partial charge >= 0.3 is 0 Å². The molecule has 3 aliphatic rings. The molecule has 0 aromatic heterocycles. The molecule has 0 aromatic rings. The molecule has 1 saturated carbocycles. The van der Waals surface area contributed by atoms with E-state index in [1.165, 1.54) is 25.7 Å². The predicted molar refractivity (Wildman–Crippen MR) is 94.4 cm³/mol. The zero-order valence-corrected chi connectivity index (χ0v) is 15.4. The average molecular weight is 409 g/mol. The molecule has 2 bridgehead atoms. The second kappa shape index (κ2) is 7.46. The second-order valence-corrected chi connectivity index (χ2v) is 6.53. The van der Waals surface area contributed by atoms with Crippen LogP contribution >= 0.6 is 24.0 Å². The van der Waals surface area contributed by atoms with E-state index in [1.54, 1.807) is 7.11 Å². The molecule has 122 valence electrons. The summed E-state index contributed by atoms with van der Waals surface area (Å²) in [6, 6.07) is 0.439. The van der Waals surface area contributed by atoms with Crippen LogP contribution in [0.1, 0.15) is 38.5 Å². The molecule has 0 amide bonds. The molecule has 21 heavy (non-hydrogen) atoms. The Morgan fingerprint density at radius 2 is 2.19 bits per heavy atom. The lowest BCUT2D eigenvalue weighted by Gasteiger charge is -2.24. The summed E-state index contributed by atoms with van der Waals surface area (Å²) in [7, 11) is 3.62. The Bertz CT molecular complexity index is 374. The van der Waals surface area contributed by atoms with Crippen molar-refractivity contribution in [3.8, 4) is 0 Å². The van der Waals surface area contributed by atoms with Crippen molar-refractivity contribution in [1.82, 2.24) is 10.6 Å². The lowest BCUT2D eigenvalue weighted by atomic mass is 9.96. The molecule has 6 heteroatoms. The third-order valence-corrected chi connectivity index (χ3v) is 5.08. The zero-order valence-electron chi connectivity index (χ0n) is 13.1. The summed E-state index contributed by atoms with van der Waals surface area (Å²) < 4.78 is 11.1. The SMILES string of the molecule is CN=C(NCC1(CCOC)CC1)NC1CC2CCC1O2.I. The normalized spacial score (nSPS) is 32.7. The molecule has 0 radical (unpaired) electrons. The van der Waals surface area contributed by atoms with Gasteiger partial charge in [0.15, 0.2) is 5.96 Å². The van der Waals surface area contributed by atoms with Crippen molar-refractivity contribution in [3.63, 3.8) is 0 Å². The van der Waals surface area contributed by atoms with Crippen molar-refractivity contribution in [2.75, 3.05) is 27.3 Å². The van der Waals surface area contributed by atoms with E-state index in [0.29, 0.717) is 23.7 Å². The minimum atomic E-state index is 0. The maximum Gasteiger partial charge on any atom is 0.191 e. The Morgan fingerprint density at radius 3 is 2.71 bits per heavy atom. The second-order valence-electron chi connectivity index (χ2n) is 6.53. The fraction of sp³-hybridized carbons (Fsp3) is 0.933. The summed E-state index contributed by atoms with van der Waals surface area (Å²) in [4.78, 5) is 4.35. The molecule has 0 spiro atoms. The summed E-state index contributed by atoms with van der Waals surface area (Å²) in [5, 5.41) is 7.03. The van der Waals surface area contributed by atoms with Gasteiger partial charge in [0.2, 0.25) is 0 Å². The highest BCUT2D eigenvalue weighted by Gasteiger charge is 2.43. The van der Waals surface area contributed by atoms with Crippen LogP contribution in [0.4, 0.5) is 0 Å². The standard InChI is InChI=1S/C15H27N3O2.HI/c1-16-14(17-10-15(5-6-15)7-8-19-2)18-12-9-11-3-4-13(12)20-11;/h11-13H,3-10H2,1-2H3,(H2,16,17,18);1H. The molecule has 2 heterocycles. The molecule has 2 aliphatic heterocycles. The van der Waals surface area contributed by atoms with E-state index in [2.05, 4.69) is 15.6 Å². The molecule has 3 unspecified atom stereocenters. The summed E-state index contributed by atoms with van der Waals surface area (Å²) in [5.41, 5.74) is 0.443. The number of hydrogen-bond donors (Lipinski definition) is 2. The van der Waals surface area contributed by atoms with Crippen LogP contribution in [0.5, 0.6) is 0 Å². The first kappa shape index (κ1) is 17.3. The lowest BCUT2D eigenvalue weighted by Crippen LogP contribution is -2.48. The first-order chi connectivity index (χ1) is 9.74. The van der Waals surface area contributed by atoms with Crippen molar-refractivity contribution < 1.29 is 9.47 Å². The van der Waals surface area contributed by atoms with Gasteiger partial charge in [0.05, 0.1) is 18.2 Å². The number of rotatable bonds is 6. The number of methoxy groups -OCH3 is 1. The minimum Gasteiger partial charge on any atom is -0.385 e. The zero-order chi connectivity index (χ0) is 14.0. The van der Waals surface area contributed by atoms with E-state index in [4.69, 9.17) is 9.47 Å². The van der Waals surface area contributed by atoms with Crippen molar-refractivity contribution in [2.24, 2.45) is 10.4 Å². The molecule has 5 nitrogen and oxygen atoms in total. The van der Waals surface area contributed by atoms with Crippen LogP contribution < -0.4 is 10.6 Å². The van der Waals surface area contributed by atoms with Gasteiger partial charge in [-0.05, 0) is 43.9 Å². The predicted octanol–water partition coefficient (Wildman–Crippen LogP) is 1.91. The third-order valence-electron chi connectivity index (χ3n) is 5.08. The number of ether oxygens (including phenoxy) is 2. The van der Waals surface area contributed by atoms with Gasteiger partial charge in [-0.15, -0.1) is 24.0 Å². The molecule has 3 atom stereocenters. The Balaban J connectivity index is 0.00000161. The number of halogens is 1. The molecule has 2 saturated heterocycles. The molecule has 0 aromatic carbocycles. The summed E-state index contributed by atoms with van der Waals surface area (Å²) in [6.07, 6.45) is 8.17. The highest BCUT2D eigenvalue weighted by atomic mass is 127. The van der Waals surface area contributed by atoms with Crippen molar-refractivity contribution in [2.45, 2.75) is 56.8 Å². The fourth-order valence-corrected chi connectivity index (χ4v) is 3.44. The van der Waals surface area contributed by atoms with Gasteiger partial charge < -0.3 is 20.1 Å². The van der Waals surface area contributed by atoms with Gasteiger partial charge in [0.1, 0.15) is 0 Å². The first-order valence-electron chi connectivity index (χ1n) is 7.86. The molecule has 2 N–H and O–H groups in total. The highest BCUT2D eigenvalue weighted by Crippen LogP contribution is 2.48. The highest BCUT2D eigenvalue weighted by molar-refractivity contribution is 14.0. The maximum absolute atomic E-state index is 5.88. The molecular formula is C15H28IN3O2. The third kappa shape index (κ3) is 4.22. The van der Waals surface area contributed by atoms with E-state index in [9.17, 15) is 0 Å². The number of nitrogens with zero attached hydrogens (tertiary/aromatic N) is 1. The smallest absolute Gasteiger partial charge is 0.191 e. The van der Waals surface area contributed by atoms with Gasteiger partial charge in [-0.25, -0.2) is 0 Å². The van der Waals surface area contributed by atoms with E-state index < -0.39 is 0 Å². The Morgan fingerprint density at radius 1 is 1.38 bits per heavy atom. The van der Waals surface area contributed by atoms with E-state index >= 15 is 0 Å². The number of nitrogens with one attached hydrogen (secondary N) is 2. The van der Waals surface area contributed by atoms with Crippen LogP contribution in [-0.2, 0) is 9.47 Å². The Kier molecular flexibility index (Phi) is 6.14. The molecule has 3 rings (SSSR count). The Hall–Kier alpha value is -0.0800. The van der Waals surface area contributed by atoms with Gasteiger partial charge in [-0.2, -0.15) is 0 Å². The van der Waals surface area contributed by atoms with Crippen molar-refractivity contribution >= 4 is 29.9 Å². The van der Waals surface area contributed by atoms with Crippen LogP contribution in [0.25, 0.3) is 0 Å². The first-order valence-corrected chi connectivity index (χ1v) is 7.86. The molecule has 3 fully saturated rings. The quantitative estimate of drug-likeness (QED) is 0.400. The van der Waals surface area contributed by atoms with Gasteiger partial charge in [-0.1, -0.05) is 0 Å². The monoisotopic (exact) mass is 409 g/mol. The van der Waals surface area contributed by atoms with Crippen LogP contribution in [0.2, 0.25) is 0 Å². The molecule has 1 aliphatic carbocycles. The topological polar surface area (TPSA) is 54.9 Å². The Labute approximate surface area is 144 Å². The van der Waals surface area contributed by atoms with Crippen molar-refractivity contribution in [1.29, 1.82) is 0 Å².